The first-order valence-corrected chi connectivity index (χ1v) is 7.61. The first-order chi connectivity index (χ1) is 9.24. The maximum atomic E-state index is 5.66. The van der Waals surface area contributed by atoms with Crippen molar-refractivity contribution in [3.8, 4) is 5.75 Å². The van der Waals surface area contributed by atoms with E-state index in [1.807, 2.05) is 23.5 Å². The fraction of sp³-hybridized carbons (Fsp3) is 0.375. The average molecular weight is 275 g/mol. The van der Waals surface area contributed by atoms with Crippen molar-refractivity contribution in [2.75, 3.05) is 18.5 Å². The standard InChI is InChI=1S/C16H21NOS/c1-13(2)12-18-15-7-5-14(6-8-15)17-10-9-16-4-3-11-19-16/h3-8,11,13,17H,9-10,12H2,1-2H3. The van der Waals surface area contributed by atoms with E-state index in [0.29, 0.717) is 5.92 Å². The van der Waals surface area contributed by atoms with Crippen molar-refractivity contribution in [3.05, 3.63) is 46.7 Å². The number of hydrogen-bond donors (Lipinski definition) is 1. The molecule has 0 spiro atoms. The van der Waals surface area contributed by atoms with Gasteiger partial charge in [0.2, 0.25) is 0 Å². The van der Waals surface area contributed by atoms with Gasteiger partial charge in [-0.1, -0.05) is 19.9 Å². The van der Waals surface area contributed by atoms with Crippen LogP contribution in [0.4, 0.5) is 5.69 Å². The number of rotatable bonds is 7. The van der Waals surface area contributed by atoms with E-state index in [0.717, 1.165) is 31.0 Å². The topological polar surface area (TPSA) is 21.3 Å². The zero-order valence-corrected chi connectivity index (χ0v) is 12.4. The second-order valence-corrected chi connectivity index (χ2v) is 6.02. The molecular formula is C16H21NOS. The highest BCUT2D eigenvalue weighted by Gasteiger charge is 1.98. The Bertz CT molecular complexity index is 462. The third-order valence-electron chi connectivity index (χ3n) is 2.72. The Hall–Kier alpha value is -1.48. The Balaban J connectivity index is 1.75. The van der Waals surface area contributed by atoms with Gasteiger partial charge in [0, 0.05) is 17.1 Å². The quantitative estimate of drug-likeness (QED) is 0.806. The number of anilines is 1. The Morgan fingerprint density at radius 1 is 1.16 bits per heavy atom. The molecule has 0 saturated heterocycles. The molecule has 3 heteroatoms. The number of nitrogens with one attached hydrogen (secondary N) is 1. The minimum Gasteiger partial charge on any atom is -0.493 e. The normalized spacial score (nSPS) is 10.7. The van der Waals surface area contributed by atoms with Crippen molar-refractivity contribution in [1.82, 2.24) is 0 Å². The Labute approximate surface area is 119 Å². The summed E-state index contributed by atoms with van der Waals surface area (Å²) in [7, 11) is 0. The van der Waals surface area contributed by atoms with Crippen LogP contribution in [0.3, 0.4) is 0 Å². The number of ether oxygens (including phenoxy) is 1. The molecule has 2 nitrogen and oxygen atoms in total. The monoisotopic (exact) mass is 275 g/mol. The molecule has 0 atom stereocenters. The van der Waals surface area contributed by atoms with Gasteiger partial charge in [0.1, 0.15) is 5.75 Å². The molecule has 0 aliphatic rings. The summed E-state index contributed by atoms with van der Waals surface area (Å²) in [5, 5.41) is 5.55. The van der Waals surface area contributed by atoms with Gasteiger partial charge < -0.3 is 10.1 Å². The minimum absolute atomic E-state index is 0.559. The maximum Gasteiger partial charge on any atom is 0.119 e. The number of thiophene rings is 1. The largest absolute Gasteiger partial charge is 0.493 e. The van der Waals surface area contributed by atoms with Gasteiger partial charge in [0.15, 0.2) is 0 Å². The highest BCUT2D eigenvalue weighted by molar-refractivity contribution is 7.09. The molecule has 0 aliphatic heterocycles. The van der Waals surface area contributed by atoms with E-state index in [-0.39, 0.29) is 0 Å². The van der Waals surface area contributed by atoms with E-state index in [9.17, 15) is 0 Å². The highest BCUT2D eigenvalue weighted by Crippen LogP contribution is 2.17. The van der Waals surface area contributed by atoms with Crippen LogP contribution >= 0.6 is 11.3 Å². The molecule has 102 valence electrons. The van der Waals surface area contributed by atoms with Crippen LogP contribution < -0.4 is 10.1 Å². The SMILES string of the molecule is CC(C)COc1ccc(NCCc2cccs2)cc1. The summed E-state index contributed by atoms with van der Waals surface area (Å²) in [5.74, 6) is 1.50. The predicted molar refractivity (Wildman–Crippen MR) is 83.3 cm³/mol. The van der Waals surface area contributed by atoms with Crippen molar-refractivity contribution in [2.45, 2.75) is 20.3 Å². The first kappa shape index (κ1) is 13.9. The summed E-state index contributed by atoms with van der Waals surface area (Å²) in [5.41, 5.74) is 1.15. The van der Waals surface area contributed by atoms with Crippen molar-refractivity contribution < 1.29 is 4.74 Å². The Morgan fingerprint density at radius 2 is 1.95 bits per heavy atom. The van der Waals surface area contributed by atoms with Crippen LogP contribution in [-0.4, -0.2) is 13.2 Å². The fourth-order valence-corrected chi connectivity index (χ4v) is 2.43. The van der Waals surface area contributed by atoms with Gasteiger partial charge in [-0.15, -0.1) is 11.3 Å². The average Bonchev–Trinajstić information content (AvgIpc) is 2.91. The van der Waals surface area contributed by atoms with E-state index in [2.05, 4.69) is 48.8 Å². The van der Waals surface area contributed by atoms with Crippen LogP contribution in [-0.2, 0) is 6.42 Å². The van der Waals surface area contributed by atoms with E-state index in [1.165, 1.54) is 4.88 Å². The zero-order chi connectivity index (χ0) is 13.5. The van der Waals surface area contributed by atoms with Gasteiger partial charge in [0.25, 0.3) is 0 Å². The van der Waals surface area contributed by atoms with Gasteiger partial charge in [-0.25, -0.2) is 0 Å². The van der Waals surface area contributed by atoms with Crippen molar-refractivity contribution >= 4 is 17.0 Å². The van der Waals surface area contributed by atoms with E-state index >= 15 is 0 Å². The molecule has 1 heterocycles. The maximum absolute atomic E-state index is 5.66. The third kappa shape index (κ3) is 4.95. The van der Waals surface area contributed by atoms with Crippen molar-refractivity contribution in [1.29, 1.82) is 0 Å². The van der Waals surface area contributed by atoms with Crippen LogP contribution in [0.2, 0.25) is 0 Å². The van der Waals surface area contributed by atoms with Gasteiger partial charge >= 0.3 is 0 Å². The van der Waals surface area contributed by atoms with Crippen molar-refractivity contribution in [3.63, 3.8) is 0 Å². The van der Waals surface area contributed by atoms with Crippen LogP contribution in [0.5, 0.6) is 5.75 Å². The zero-order valence-electron chi connectivity index (χ0n) is 11.6. The van der Waals surface area contributed by atoms with Crippen LogP contribution in [0.25, 0.3) is 0 Å². The van der Waals surface area contributed by atoms with Gasteiger partial charge in [-0.2, -0.15) is 0 Å². The molecule has 19 heavy (non-hydrogen) atoms. The summed E-state index contributed by atoms with van der Waals surface area (Å²) < 4.78 is 5.66. The van der Waals surface area contributed by atoms with Gasteiger partial charge in [-0.3, -0.25) is 0 Å². The molecule has 0 amide bonds. The lowest BCUT2D eigenvalue weighted by Crippen LogP contribution is -2.05. The highest BCUT2D eigenvalue weighted by atomic mass is 32.1. The lowest BCUT2D eigenvalue weighted by molar-refractivity contribution is 0.271. The molecule has 1 N–H and O–H groups in total. The summed E-state index contributed by atoms with van der Waals surface area (Å²) in [6.45, 7) is 6.04. The second-order valence-electron chi connectivity index (χ2n) is 4.99. The molecule has 0 saturated carbocycles. The van der Waals surface area contributed by atoms with Crippen LogP contribution in [0.1, 0.15) is 18.7 Å². The Kier molecular flexibility index (Phi) is 5.28. The van der Waals surface area contributed by atoms with E-state index in [4.69, 9.17) is 4.74 Å². The molecule has 0 fully saturated rings. The minimum atomic E-state index is 0.559. The summed E-state index contributed by atoms with van der Waals surface area (Å²) in [6.07, 6.45) is 1.07. The predicted octanol–water partition coefficient (Wildman–Crippen LogP) is 4.44. The van der Waals surface area contributed by atoms with E-state index in [1.54, 1.807) is 0 Å². The molecule has 1 aromatic carbocycles. The van der Waals surface area contributed by atoms with Gasteiger partial charge in [0.05, 0.1) is 6.61 Å². The lowest BCUT2D eigenvalue weighted by atomic mass is 10.2. The van der Waals surface area contributed by atoms with Crippen LogP contribution in [0.15, 0.2) is 41.8 Å². The second kappa shape index (κ2) is 7.19. The molecule has 1 aromatic heterocycles. The fourth-order valence-electron chi connectivity index (χ4n) is 1.72. The molecule has 2 aromatic rings. The van der Waals surface area contributed by atoms with Crippen LogP contribution in [0, 0.1) is 5.92 Å². The molecule has 0 unspecified atom stereocenters. The Morgan fingerprint density at radius 3 is 2.58 bits per heavy atom. The smallest absolute Gasteiger partial charge is 0.119 e. The molecule has 0 bridgehead atoms. The summed E-state index contributed by atoms with van der Waals surface area (Å²) in [6, 6.07) is 12.5. The van der Waals surface area contributed by atoms with E-state index < -0.39 is 0 Å². The number of hydrogen-bond acceptors (Lipinski definition) is 3. The molecular weight excluding hydrogens is 254 g/mol. The van der Waals surface area contributed by atoms with Crippen molar-refractivity contribution in [2.24, 2.45) is 5.92 Å². The third-order valence-corrected chi connectivity index (χ3v) is 3.65. The number of benzene rings is 1. The first-order valence-electron chi connectivity index (χ1n) is 6.73. The summed E-state index contributed by atoms with van der Waals surface area (Å²) >= 11 is 1.81. The summed E-state index contributed by atoms with van der Waals surface area (Å²) in [4.78, 5) is 1.42. The lowest BCUT2D eigenvalue weighted by Gasteiger charge is -2.10. The van der Waals surface area contributed by atoms with Gasteiger partial charge in [-0.05, 0) is 48.1 Å². The molecule has 0 aliphatic carbocycles. The molecule has 2 rings (SSSR count). The molecule has 0 radical (unpaired) electrons.